The summed E-state index contributed by atoms with van der Waals surface area (Å²) in [5.41, 5.74) is 5.30. The first kappa shape index (κ1) is 32.3. The fourth-order valence-electron chi connectivity index (χ4n) is 6.45. The van der Waals surface area contributed by atoms with Gasteiger partial charge in [0.2, 0.25) is 23.6 Å². The molecule has 0 bridgehead atoms. The molecule has 5 fully saturated rings. The Labute approximate surface area is 241 Å². The molecule has 1 spiro atoms. The highest BCUT2D eigenvalue weighted by atomic mass is 16.5. The number of carbonyl (C=O) groups is 4. The second-order valence-corrected chi connectivity index (χ2v) is 13.1. The van der Waals surface area contributed by atoms with E-state index < -0.39 is 0 Å². The number of aliphatic hydroxyl groups excluding tert-OH is 1. The molecule has 0 unspecified atom stereocenters. The van der Waals surface area contributed by atoms with Gasteiger partial charge in [0.15, 0.2) is 0 Å². The Bertz CT molecular complexity index is 897. The molecule has 5 rings (SSSR count). The molecular formula is C30H54N4O6. The van der Waals surface area contributed by atoms with E-state index in [0.29, 0.717) is 58.3 Å². The molecule has 5 aliphatic rings. The molecule has 10 nitrogen and oxygen atoms in total. The first-order chi connectivity index (χ1) is 18.9. The Kier molecular flexibility index (Phi) is 11.4. The van der Waals surface area contributed by atoms with Crippen molar-refractivity contribution in [3.8, 4) is 0 Å². The van der Waals surface area contributed by atoms with Crippen molar-refractivity contribution in [2.24, 2.45) is 34.3 Å². The van der Waals surface area contributed by atoms with Crippen molar-refractivity contribution < 1.29 is 30.4 Å². The van der Waals surface area contributed by atoms with Gasteiger partial charge in [-0.05, 0) is 37.0 Å². The average Bonchev–Trinajstić information content (AvgIpc) is 3.37. The lowest BCUT2D eigenvalue weighted by Crippen LogP contribution is -2.64. The summed E-state index contributed by atoms with van der Waals surface area (Å²) < 4.78 is 5.13. The molecule has 0 aromatic rings. The van der Waals surface area contributed by atoms with Crippen LogP contribution in [-0.2, 0) is 23.9 Å². The van der Waals surface area contributed by atoms with E-state index in [-0.39, 0.29) is 47.7 Å². The lowest BCUT2D eigenvalue weighted by Gasteiger charge is -2.50. The van der Waals surface area contributed by atoms with Crippen LogP contribution in [0.25, 0.3) is 0 Å². The zero-order valence-electron chi connectivity index (χ0n) is 25.2. The minimum atomic E-state index is -0.363. The maximum Gasteiger partial charge on any atom is 0.226 e. The number of carbonyl (C=O) groups excluding carboxylic acids is 4. The van der Waals surface area contributed by atoms with Gasteiger partial charge in [-0.2, -0.15) is 0 Å². The lowest BCUT2D eigenvalue weighted by atomic mass is 9.71. The van der Waals surface area contributed by atoms with Crippen molar-refractivity contribution in [3.63, 3.8) is 0 Å². The average molecular weight is 567 g/mol. The standard InChI is InChI=1S/C15H23N3O3.C8H15NO2.C7H14O.H2/c1-9(19)17-5-11(12(16)20)15(6-17)7-18(8-15)13(21)10-4-14(10,2)3;1-2-3-8(10)9-4-6-11-7-5-9;8-6-7-4-2-1-3-5-7;/h10-11H,4-8H2,1-3H3,(H2,16,20);2-7H2,1H3;7-8H,1-6H2;1H/t10-,11+;;;/m1.../s1. The summed E-state index contributed by atoms with van der Waals surface area (Å²) in [7, 11) is 0. The molecule has 3 aliphatic heterocycles. The molecule has 2 atom stereocenters. The summed E-state index contributed by atoms with van der Waals surface area (Å²) in [6, 6.07) is 0. The van der Waals surface area contributed by atoms with Gasteiger partial charge in [0, 0.05) is 72.0 Å². The summed E-state index contributed by atoms with van der Waals surface area (Å²) in [6.07, 6.45) is 9.14. The monoisotopic (exact) mass is 566 g/mol. The van der Waals surface area contributed by atoms with Gasteiger partial charge >= 0.3 is 0 Å². The number of rotatable bonds is 5. The smallest absolute Gasteiger partial charge is 0.226 e. The van der Waals surface area contributed by atoms with Crippen LogP contribution in [0.15, 0.2) is 0 Å². The lowest BCUT2D eigenvalue weighted by molar-refractivity contribution is -0.151. The van der Waals surface area contributed by atoms with E-state index in [4.69, 9.17) is 15.6 Å². The topological polar surface area (TPSA) is 133 Å². The number of primary amides is 1. The molecule has 3 saturated heterocycles. The number of morpholine rings is 1. The zero-order valence-corrected chi connectivity index (χ0v) is 25.2. The molecule has 2 saturated carbocycles. The number of hydrogen-bond acceptors (Lipinski definition) is 6. The van der Waals surface area contributed by atoms with Crippen molar-refractivity contribution in [2.45, 2.75) is 79.1 Å². The number of amides is 4. The van der Waals surface area contributed by atoms with E-state index in [2.05, 4.69) is 13.8 Å². The number of nitrogens with two attached hydrogens (primary N) is 1. The van der Waals surface area contributed by atoms with Crippen LogP contribution in [0.2, 0.25) is 0 Å². The van der Waals surface area contributed by atoms with Crippen LogP contribution < -0.4 is 5.73 Å². The summed E-state index contributed by atoms with van der Waals surface area (Å²) in [4.78, 5) is 52.3. The molecule has 40 heavy (non-hydrogen) atoms. The van der Waals surface area contributed by atoms with Crippen LogP contribution in [-0.4, -0.2) is 103 Å². The number of hydrogen-bond donors (Lipinski definition) is 2. The van der Waals surface area contributed by atoms with Crippen molar-refractivity contribution in [2.75, 3.05) is 59.1 Å². The SMILES string of the molecule is CC(=O)N1C[C@@H](C(N)=O)C2(C1)CN(C(=O)[C@H]1CC1(C)C)C2.CCCC(=O)N1CCOCC1.OCC1CCCCC1.[HH]. The Morgan fingerprint density at radius 2 is 1.52 bits per heavy atom. The zero-order chi connectivity index (χ0) is 29.5. The van der Waals surface area contributed by atoms with Crippen LogP contribution in [0.4, 0.5) is 0 Å². The highest BCUT2D eigenvalue weighted by Gasteiger charge is 2.61. The maximum atomic E-state index is 12.4. The summed E-state index contributed by atoms with van der Waals surface area (Å²) in [5.74, 6) is 0.489. The Balaban J connectivity index is 0.000000246. The summed E-state index contributed by atoms with van der Waals surface area (Å²) in [6.45, 7) is 13.1. The number of ether oxygens (including phenoxy) is 1. The fraction of sp³-hybridized carbons (Fsp3) is 0.867. The third kappa shape index (κ3) is 8.18. The van der Waals surface area contributed by atoms with Gasteiger partial charge in [-0.3, -0.25) is 19.2 Å². The quantitative estimate of drug-likeness (QED) is 0.525. The fourth-order valence-corrected chi connectivity index (χ4v) is 6.45. The largest absolute Gasteiger partial charge is 0.396 e. The molecule has 10 heteroatoms. The molecule has 4 amide bonds. The van der Waals surface area contributed by atoms with E-state index in [1.807, 2.05) is 16.7 Å². The van der Waals surface area contributed by atoms with Crippen LogP contribution in [0, 0.1) is 28.6 Å². The number of aliphatic hydroxyl groups is 1. The van der Waals surface area contributed by atoms with E-state index in [1.165, 1.54) is 39.0 Å². The molecule has 230 valence electrons. The molecule has 0 aromatic heterocycles. The number of likely N-dealkylation sites (tertiary alicyclic amines) is 2. The first-order valence-electron chi connectivity index (χ1n) is 15.2. The van der Waals surface area contributed by atoms with Gasteiger partial charge in [-0.25, -0.2) is 0 Å². The maximum absolute atomic E-state index is 12.4. The second-order valence-electron chi connectivity index (χ2n) is 13.1. The van der Waals surface area contributed by atoms with E-state index in [1.54, 1.807) is 4.90 Å². The van der Waals surface area contributed by atoms with Crippen LogP contribution >= 0.6 is 0 Å². The van der Waals surface area contributed by atoms with E-state index >= 15 is 0 Å². The predicted octanol–water partition coefficient (Wildman–Crippen LogP) is 2.28. The summed E-state index contributed by atoms with van der Waals surface area (Å²) >= 11 is 0. The van der Waals surface area contributed by atoms with Crippen molar-refractivity contribution in [3.05, 3.63) is 0 Å². The van der Waals surface area contributed by atoms with Gasteiger partial charge < -0.3 is 30.3 Å². The van der Waals surface area contributed by atoms with Crippen molar-refractivity contribution in [1.82, 2.24) is 14.7 Å². The highest BCUT2D eigenvalue weighted by Crippen LogP contribution is 2.54. The van der Waals surface area contributed by atoms with Gasteiger partial charge in [0.05, 0.1) is 19.1 Å². The van der Waals surface area contributed by atoms with Gasteiger partial charge in [-0.15, -0.1) is 0 Å². The van der Waals surface area contributed by atoms with Crippen molar-refractivity contribution >= 4 is 23.6 Å². The van der Waals surface area contributed by atoms with Gasteiger partial charge in [0.1, 0.15) is 0 Å². The predicted molar refractivity (Wildman–Crippen MR) is 154 cm³/mol. The first-order valence-corrected chi connectivity index (χ1v) is 15.2. The summed E-state index contributed by atoms with van der Waals surface area (Å²) in [5, 5.41) is 8.69. The minimum absolute atomic E-state index is 0. The molecule has 0 radical (unpaired) electrons. The Morgan fingerprint density at radius 1 is 0.950 bits per heavy atom. The normalized spacial score (nSPS) is 26.6. The van der Waals surface area contributed by atoms with E-state index in [9.17, 15) is 19.2 Å². The molecule has 3 N–H and O–H groups in total. The van der Waals surface area contributed by atoms with Crippen LogP contribution in [0.3, 0.4) is 0 Å². The van der Waals surface area contributed by atoms with Gasteiger partial charge in [0.25, 0.3) is 0 Å². The third-order valence-corrected chi connectivity index (χ3v) is 9.38. The molecule has 0 aromatic carbocycles. The Hall–Kier alpha value is -2.20. The minimum Gasteiger partial charge on any atom is -0.396 e. The van der Waals surface area contributed by atoms with Gasteiger partial charge in [-0.1, -0.05) is 40.0 Å². The second kappa shape index (κ2) is 14.1. The number of nitrogens with zero attached hydrogens (tertiary/aromatic N) is 3. The van der Waals surface area contributed by atoms with Crippen molar-refractivity contribution in [1.29, 1.82) is 0 Å². The van der Waals surface area contributed by atoms with Crippen LogP contribution in [0.5, 0.6) is 0 Å². The highest BCUT2D eigenvalue weighted by molar-refractivity contribution is 5.85. The third-order valence-electron chi connectivity index (χ3n) is 9.38. The van der Waals surface area contributed by atoms with E-state index in [0.717, 1.165) is 25.9 Å². The molecule has 2 aliphatic carbocycles. The molecular weight excluding hydrogens is 512 g/mol. The molecule has 3 heterocycles. The Morgan fingerprint density at radius 3 is 1.98 bits per heavy atom. The van der Waals surface area contributed by atoms with Crippen LogP contribution in [0.1, 0.15) is 80.5 Å².